The predicted octanol–water partition coefficient (Wildman–Crippen LogP) is 2.59. The van der Waals surface area contributed by atoms with Gasteiger partial charge in [0.2, 0.25) is 0 Å². The molecule has 0 N–H and O–H groups in total. The number of hydrogen-bond acceptors (Lipinski definition) is 4. The van der Waals surface area contributed by atoms with Crippen molar-refractivity contribution in [2.75, 3.05) is 13.7 Å². The molecular formula is C16H20O4. The van der Waals surface area contributed by atoms with Crippen molar-refractivity contribution in [1.29, 1.82) is 0 Å². The van der Waals surface area contributed by atoms with E-state index in [1.54, 1.807) is 46.1 Å². The Labute approximate surface area is 120 Å². The monoisotopic (exact) mass is 276 g/mol. The van der Waals surface area contributed by atoms with Gasteiger partial charge in [0.25, 0.3) is 0 Å². The fraction of sp³-hybridized carbons (Fsp3) is 0.438. The van der Waals surface area contributed by atoms with Crippen LogP contribution >= 0.6 is 0 Å². The molecule has 0 saturated heterocycles. The summed E-state index contributed by atoms with van der Waals surface area (Å²) in [6.45, 7) is 5.72. The van der Waals surface area contributed by atoms with Crippen LogP contribution in [0.2, 0.25) is 0 Å². The van der Waals surface area contributed by atoms with E-state index >= 15 is 0 Å². The van der Waals surface area contributed by atoms with Gasteiger partial charge in [-0.2, -0.15) is 0 Å². The standard InChI is InChI=1S/C16H20O4/c1-6-16(3,4)20-13-9-8-12(10-14(13)18-5)11-15(17)19-7-2/h1,8-10H,7,11H2,2-5H3. The second kappa shape index (κ2) is 6.85. The molecule has 0 aliphatic carbocycles. The molecule has 0 aliphatic heterocycles. The van der Waals surface area contributed by atoms with Crippen molar-refractivity contribution in [3.05, 3.63) is 23.8 Å². The van der Waals surface area contributed by atoms with E-state index < -0.39 is 5.60 Å². The van der Waals surface area contributed by atoms with Gasteiger partial charge < -0.3 is 14.2 Å². The number of carbonyl (C=O) groups excluding carboxylic acids is 1. The van der Waals surface area contributed by atoms with Gasteiger partial charge in [-0.15, -0.1) is 6.42 Å². The highest BCUT2D eigenvalue weighted by Crippen LogP contribution is 2.31. The van der Waals surface area contributed by atoms with Crippen LogP contribution in [0.1, 0.15) is 26.3 Å². The van der Waals surface area contributed by atoms with E-state index in [9.17, 15) is 4.79 Å². The van der Waals surface area contributed by atoms with Crippen LogP contribution in [0.3, 0.4) is 0 Å². The molecule has 0 amide bonds. The van der Waals surface area contributed by atoms with Crippen LogP contribution in [-0.2, 0) is 16.0 Å². The van der Waals surface area contributed by atoms with Crippen molar-refractivity contribution in [2.45, 2.75) is 32.8 Å². The number of ether oxygens (including phenoxy) is 3. The third-order valence-corrected chi connectivity index (χ3v) is 2.59. The summed E-state index contributed by atoms with van der Waals surface area (Å²) in [5, 5.41) is 0. The summed E-state index contributed by atoms with van der Waals surface area (Å²) in [6.07, 6.45) is 5.60. The number of benzene rings is 1. The van der Waals surface area contributed by atoms with Gasteiger partial charge in [0.15, 0.2) is 17.1 Å². The molecule has 0 unspecified atom stereocenters. The van der Waals surface area contributed by atoms with Crippen LogP contribution in [0.4, 0.5) is 0 Å². The topological polar surface area (TPSA) is 44.8 Å². The summed E-state index contributed by atoms with van der Waals surface area (Å²) in [7, 11) is 1.54. The molecule has 0 radical (unpaired) electrons. The van der Waals surface area contributed by atoms with Crippen molar-refractivity contribution in [3.8, 4) is 23.8 Å². The smallest absolute Gasteiger partial charge is 0.310 e. The second-order valence-electron chi connectivity index (χ2n) is 4.72. The minimum absolute atomic E-state index is 0.197. The van der Waals surface area contributed by atoms with E-state index in [1.807, 2.05) is 0 Å². The van der Waals surface area contributed by atoms with Crippen molar-refractivity contribution in [2.24, 2.45) is 0 Å². The fourth-order valence-electron chi connectivity index (χ4n) is 1.59. The molecule has 0 bridgehead atoms. The van der Waals surface area contributed by atoms with Crippen LogP contribution in [0.25, 0.3) is 0 Å². The molecule has 0 atom stereocenters. The maximum atomic E-state index is 11.5. The van der Waals surface area contributed by atoms with Crippen molar-refractivity contribution in [1.82, 2.24) is 0 Å². The Kier molecular flexibility index (Phi) is 5.45. The van der Waals surface area contributed by atoms with Crippen LogP contribution < -0.4 is 9.47 Å². The van der Waals surface area contributed by atoms with Crippen molar-refractivity contribution in [3.63, 3.8) is 0 Å². The van der Waals surface area contributed by atoms with E-state index in [4.69, 9.17) is 20.6 Å². The number of methoxy groups -OCH3 is 1. The van der Waals surface area contributed by atoms with Gasteiger partial charge in [-0.25, -0.2) is 0 Å². The zero-order valence-corrected chi connectivity index (χ0v) is 12.4. The minimum Gasteiger partial charge on any atom is -0.493 e. The zero-order valence-electron chi connectivity index (χ0n) is 12.4. The average Bonchev–Trinajstić information content (AvgIpc) is 2.40. The summed E-state index contributed by atoms with van der Waals surface area (Å²) < 4.78 is 15.9. The molecule has 0 aliphatic rings. The molecule has 0 saturated carbocycles. The molecule has 20 heavy (non-hydrogen) atoms. The molecule has 1 rings (SSSR count). The minimum atomic E-state index is -0.726. The van der Waals surface area contributed by atoms with Crippen LogP contribution in [0.5, 0.6) is 11.5 Å². The predicted molar refractivity (Wildman–Crippen MR) is 76.9 cm³/mol. The van der Waals surface area contributed by atoms with Crippen LogP contribution in [-0.4, -0.2) is 25.3 Å². The first kappa shape index (κ1) is 15.9. The van der Waals surface area contributed by atoms with Crippen molar-refractivity contribution >= 4 is 5.97 Å². The molecule has 0 heterocycles. The number of terminal acetylenes is 1. The molecule has 108 valence electrons. The van der Waals surface area contributed by atoms with E-state index in [0.29, 0.717) is 18.1 Å². The average molecular weight is 276 g/mol. The summed E-state index contributed by atoms with van der Waals surface area (Å²) in [4.78, 5) is 11.5. The first-order valence-corrected chi connectivity index (χ1v) is 6.41. The van der Waals surface area contributed by atoms with Gasteiger partial charge >= 0.3 is 5.97 Å². The third kappa shape index (κ3) is 4.51. The Bertz CT molecular complexity index is 512. The normalized spacial score (nSPS) is 10.6. The Morgan fingerprint density at radius 1 is 1.35 bits per heavy atom. The van der Waals surface area contributed by atoms with E-state index in [-0.39, 0.29) is 12.4 Å². The highest BCUT2D eigenvalue weighted by atomic mass is 16.5. The second-order valence-corrected chi connectivity index (χ2v) is 4.72. The number of carbonyl (C=O) groups is 1. The van der Waals surface area contributed by atoms with Gasteiger partial charge in [0, 0.05) is 0 Å². The number of esters is 1. The molecule has 4 heteroatoms. The maximum Gasteiger partial charge on any atom is 0.310 e. The molecular weight excluding hydrogens is 256 g/mol. The van der Waals surface area contributed by atoms with Gasteiger partial charge in [-0.3, -0.25) is 4.79 Å². The molecule has 1 aromatic carbocycles. The van der Waals surface area contributed by atoms with Gasteiger partial charge in [-0.1, -0.05) is 12.0 Å². The van der Waals surface area contributed by atoms with E-state index in [0.717, 1.165) is 5.56 Å². The molecule has 4 nitrogen and oxygen atoms in total. The lowest BCUT2D eigenvalue weighted by molar-refractivity contribution is -0.142. The summed E-state index contributed by atoms with van der Waals surface area (Å²) >= 11 is 0. The lowest BCUT2D eigenvalue weighted by Crippen LogP contribution is -2.25. The van der Waals surface area contributed by atoms with Crippen molar-refractivity contribution < 1.29 is 19.0 Å². The SMILES string of the molecule is C#CC(C)(C)Oc1ccc(CC(=O)OCC)cc1OC. The Balaban J connectivity index is 2.91. The quantitative estimate of drug-likeness (QED) is 0.592. The highest BCUT2D eigenvalue weighted by Gasteiger charge is 2.18. The van der Waals surface area contributed by atoms with E-state index in [2.05, 4.69) is 5.92 Å². The van der Waals surface area contributed by atoms with Gasteiger partial charge in [0.1, 0.15) is 0 Å². The Hall–Kier alpha value is -2.15. The lowest BCUT2D eigenvalue weighted by Gasteiger charge is -2.22. The zero-order chi connectivity index (χ0) is 15.2. The van der Waals surface area contributed by atoms with Crippen LogP contribution in [0.15, 0.2) is 18.2 Å². The summed E-state index contributed by atoms with van der Waals surface area (Å²) in [5.41, 5.74) is 0.0711. The first-order valence-electron chi connectivity index (χ1n) is 6.41. The maximum absolute atomic E-state index is 11.5. The fourth-order valence-corrected chi connectivity index (χ4v) is 1.59. The van der Waals surface area contributed by atoms with Gasteiger partial charge in [-0.05, 0) is 38.5 Å². The molecule has 1 aromatic rings. The first-order chi connectivity index (χ1) is 9.41. The Morgan fingerprint density at radius 2 is 2.05 bits per heavy atom. The molecule has 0 aromatic heterocycles. The lowest BCUT2D eigenvalue weighted by atomic mass is 10.1. The molecule has 0 spiro atoms. The number of rotatable bonds is 6. The van der Waals surface area contributed by atoms with Gasteiger partial charge in [0.05, 0.1) is 20.1 Å². The summed E-state index contributed by atoms with van der Waals surface area (Å²) in [5.74, 6) is 3.36. The number of hydrogen-bond donors (Lipinski definition) is 0. The summed E-state index contributed by atoms with van der Waals surface area (Å²) in [6, 6.07) is 5.28. The van der Waals surface area contributed by atoms with E-state index in [1.165, 1.54) is 0 Å². The largest absolute Gasteiger partial charge is 0.493 e. The Morgan fingerprint density at radius 3 is 2.60 bits per heavy atom. The highest BCUT2D eigenvalue weighted by molar-refractivity contribution is 5.72. The van der Waals surface area contributed by atoms with Crippen LogP contribution in [0, 0.1) is 12.3 Å². The molecule has 0 fully saturated rings. The third-order valence-electron chi connectivity index (χ3n) is 2.59.